The van der Waals surface area contributed by atoms with Crippen molar-refractivity contribution in [3.05, 3.63) is 78.4 Å². The zero-order valence-electron chi connectivity index (χ0n) is 16.6. The molecule has 0 saturated heterocycles. The monoisotopic (exact) mass is 398 g/mol. The molecule has 0 aliphatic rings. The molecule has 3 aromatic heterocycles. The molecule has 3 heterocycles. The fraction of sp³-hybridized carbons (Fsp3) is 0.174. The highest BCUT2D eigenvalue weighted by molar-refractivity contribution is 5.92. The molecule has 30 heavy (non-hydrogen) atoms. The quantitative estimate of drug-likeness (QED) is 0.469. The smallest absolute Gasteiger partial charge is 0.151 e. The van der Waals surface area contributed by atoms with E-state index in [1.165, 1.54) is 11.9 Å². The highest BCUT2D eigenvalue weighted by Gasteiger charge is 2.19. The van der Waals surface area contributed by atoms with Crippen LogP contribution >= 0.6 is 0 Å². The first-order chi connectivity index (χ1) is 14.6. The maximum atomic E-state index is 10.5. The minimum absolute atomic E-state index is 0.379. The second kappa shape index (κ2) is 7.27. The maximum Gasteiger partial charge on any atom is 0.151 e. The minimum Gasteiger partial charge on any atom is -0.387 e. The lowest BCUT2D eigenvalue weighted by atomic mass is 10.0. The fourth-order valence-electron chi connectivity index (χ4n) is 3.85. The van der Waals surface area contributed by atoms with Crippen LogP contribution in [0.15, 0.2) is 67.1 Å². The van der Waals surface area contributed by atoms with Crippen LogP contribution in [0.3, 0.4) is 0 Å². The van der Waals surface area contributed by atoms with Gasteiger partial charge in [0.15, 0.2) is 5.82 Å². The van der Waals surface area contributed by atoms with Gasteiger partial charge in [0.05, 0.1) is 23.9 Å². The normalized spacial score (nSPS) is 12.6. The molecular formula is C23H22N6O. The van der Waals surface area contributed by atoms with Crippen molar-refractivity contribution in [2.24, 2.45) is 0 Å². The summed E-state index contributed by atoms with van der Waals surface area (Å²) in [7, 11) is 0. The van der Waals surface area contributed by atoms with Gasteiger partial charge >= 0.3 is 0 Å². The van der Waals surface area contributed by atoms with E-state index in [-0.39, 0.29) is 0 Å². The Morgan fingerprint density at radius 1 is 1.10 bits per heavy atom. The van der Waals surface area contributed by atoms with Crippen LogP contribution in [0.5, 0.6) is 0 Å². The van der Waals surface area contributed by atoms with Gasteiger partial charge in [-0.3, -0.25) is 4.68 Å². The summed E-state index contributed by atoms with van der Waals surface area (Å²) < 4.78 is 3.63. The molecular weight excluding hydrogens is 376 g/mol. The molecule has 7 heteroatoms. The third-order valence-corrected chi connectivity index (χ3v) is 5.39. The number of aliphatic hydroxyl groups is 1. The molecule has 0 amide bonds. The van der Waals surface area contributed by atoms with E-state index in [2.05, 4.69) is 28.3 Å². The molecule has 7 nitrogen and oxygen atoms in total. The predicted molar refractivity (Wildman–Crippen MR) is 117 cm³/mol. The van der Waals surface area contributed by atoms with E-state index in [1.54, 1.807) is 4.52 Å². The van der Waals surface area contributed by atoms with Crippen LogP contribution in [0, 0.1) is 0 Å². The van der Waals surface area contributed by atoms with Gasteiger partial charge in [0, 0.05) is 17.1 Å². The number of hydrogen-bond donors (Lipinski definition) is 2. The summed E-state index contributed by atoms with van der Waals surface area (Å²) in [4.78, 5) is 4.15. The fourth-order valence-corrected chi connectivity index (χ4v) is 3.85. The molecule has 5 rings (SSSR count). The average Bonchev–Trinajstić information content (AvgIpc) is 3.35. The van der Waals surface area contributed by atoms with Gasteiger partial charge < -0.3 is 10.8 Å². The van der Waals surface area contributed by atoms with Crippen molar-refractivity contribution in [1.82, 2.24) is 24.4 Å². The Balaban J connectivity index is 1.60. The highest BCUT2D eigenvalue weighted by Crippen LogP contribution is 2.34. The van der Waals surface area contributed by atoms with E-state index in [0.717, 1.165) is 22.0 Å². The minimum atomic E-state index is -0.630. The Morgan fingerprint density at radius 3 is 2.73 bits per heavy atom. The molecule has 0 spiro atoms. The Kier molecular flexibility index (Phi) is 4.44. The number of hydrogen-bond acceptors (Lipinski definition) is 5. The van der Waals surface area contributed by atoms with E-state index in [4.69, 9.17) is 10.8 Å². The number of nitrogens with two attached hydrogens (primary N) is 1. The molecule has 3 N–H and O–H groups in total. The maximum absolute atomic E-state index is 10.5. The van der Waals surface area contributed by atoms with Crippen LogP contribution in [-0.4, -0.2) is 29.5 Å². The van der Waals surface area contributed by atoms with E-state index in [1.807, 2.05) is 54.2 Å². The number of rotatable bonds is 5. The van der Waals surface area contributed by atoms with E-state index in [0.29, 0.717) is 30.0 Å². The van der Waals surface area contributed by atoms with Gasteiger partial charge in [-0.1, -0.05) is 49.4 Å². The van der Waals surface area contributed by atoms with Gasteiger partial charge in [-0.05, 0) is 29.7 Å². The second-order valence-corrected chi connectivity index (χ2v) is 7.40. The molecule has 1 atom stereocenters. The van der Waals surface area contributed by atoms with E-state index < -0.39 is 6.10 Å². The number of aliphatic hydroxyl groups excluding tert-OH is 1. The SMILES string of the molecule is CCC(O)c1cc(-c2ccc3cn(Cc4ccccc4)nc3c2)c2c(N)ncnn12. The first kappa shape index (κ1) is 18.3. The van der Waals surface area contributed by atoms with E-state index >= 15 is 0 Å². The lowest BCUT2D eigenvalue weighted by Gasteiger charge is -2.07. The average molecular weight is 398 g/mol. The molecule has 0 radical (unpaired) electrons. The molecule has 0 aliphatic heterocycles. The highest BCUT2D eigenvalue weighted by atomic mass is 16.3. The molecule has 0 fully saturated rings. The lowest BCUT2D eigenvalue weighted by Crippen LogP contribution is -2.05. The third kappa shape index (κ3) is 3.09. The van der Waals surface area contributed by atoms with Crippen LogP contribution in [0.4, 0.5) is 5.82 Å². The standard InChI is InChI=1S/C23H22N6O/c1-2-21(30)20-11-18(22-23(24)25-14-26-29(20)22)16-8-9-17-13-28(27-19(17)10-16)12-15-6-4-3-5-7-15/h3-11,13-14,21,30H,2,12H2,1H3,(H2,24,25,26). The van der Waals surface area contributed by atoms with Gasteiger partial charge in [-0.25, -0.2) is 9.50 Å². The van der Waals surface area contributed by atoms with Gasteiger partial charge in [0.2, 0.25) is 0 Å². The molecule has 0 bridgehead atoms. The van der Waals surface area contributed by atoms with Crippen LogP contribution < -0.4 is 5.73 Å². The van der Waals surface area contributed by atoms with Crippen molar-refractivity contribution < 1.29 is 5.11 Å². The van der Waals surface area contributed by atoms with Crippen molar-refractivity contribution in [1.29, 1.82) is 0 Å². The molecule has 1 unspecified atom stereocenters. The molecule has 0 saturated carbocycles. The van der Waals surface area contributed by atoms with Crippen molar-refractivity contribution in [3.63, 3.8) is 0 Å². The largest absolute Gasteiger partial charge is 0.387 e. The summed E-state index contributed by atoms with van der Waals surface area (Å²) in [6, 6.07) is 18.3. The van der Waals surface area contributed by atoms with Crippen LogP contribution in [-0.2, 0) is 6.54 Å². The lowest BCUT2D eigenvalue weighted by molar-refractivity contribution is 0.166. The Labute approximate surface area is 173 Å². The molecule has 5 aromatic rings. The summed E-state index contributed by atoms with van der Waals surface area (Å²) in [6.45, 7) is 2.65. The number of nitrogen functional groups attached to an aromatic ring is 1. The van der Waals surface area contributed by atoms with E-state index in [9.17, 15) is 5.11 Å². The van der Waals surface area contributed by atoms with Crippen LogP contribution in [0.1, 0.15) is 30.7 Å². The topological polar surface area (TPSA) is 94.3 Å². The summed E-state index contributed by atoms with van der Waals surface area (Å²) in [5.41, 5.74) is 11.5. The zero-order valence-corrected chi connectivity index (χ0v) is 16.6. The molecule has 150 valence electrons. The van der Waals surface area contributed by atoms with Crippen LogP contribution in [0.2, 0.25) is 0 Å². The van der Waals surface area contributed by atoms with Crippen molar-refractivity contribution in [2.75, 3.05) is 5.73 Å². The Morgan fingerprint density at radius 2 is 1.93 bits per heavy atom. The number of benzene rings is 2. The van der Waals surface area contributed by atoms with Crippen LogP contribution in [0.25, 0.3) is 27.5 Å². The Bertz CT molecular complexity index is 1340. The summed E-state index contributed by atoms with van der Waals surface area (Å²) in [5.74, 6) is 0.379. The van der Waals surface area contributed by atoms with Gasteiger partial charge in [-0.2, -0.15) is 10.2 Å². The first-order valence-electron chi connectivity index (χ1n) is 9.95. The van der Waals surface area contributed by atoms with Gasteiger partial charge in [0.1, 0.15) is 11.8 Å². The second-order valence-electron chi connectivity index (χ2n) is 7.40. The summed E-state index contributed by atoms with van der Waals surface area (Å²) in [5, 5.41) is 20.6. The predicted octanol–water partition coefficient (Wildman–Crippen LogP) is 3.82. The summed E-state index contributed by atoms with van der Waals surface area (Å²) in [6.07, 6.45) is 3.41. The molecule has 2 aromatic carbocycles. The number of anilines is 1. The third-order valence-electron chi connectivity index (χ3n) is 5.39. The van der Waals surface area contributed by atoms with Gasteiger partial charge in [-0.15, -0.1) is 0 Å². The van der Waals surface area contributed by atoms with Crippen molar-refractivity contribution >= 4 is 22.2 Å². The number of nitrogens with zero attached hydrogens (tertiary/aromatic N) is 5. The molecule has 0 aliphatic carbocycles. The van der Waals surface area contributed by atoms with Crippen molar-refractivity contribution in [3.8, 4) is 11.1 Å². The Hall–Kier alpha value is -3.71. The summed E-state index contributed by atoms with van der Waals surface area (Å²) >= 11 is 0. The first-order valence-corrected chi connectivity index (χ1v) is 9.95. The zero-order chi connectivity index (χ0) is 20.7. The van der Waals surface area contributed by atoms with Gasteiger partial charge in [0.25, 0.3) is 0 Å². The number of fused-ring (bicyclic) bond motifs is 2. The van der Waals surface area contributed by atoms with Crippen molar-refractivity contribution in [2.45, 2.75) is 26.0 Å². The number of aromatic nitrogens is 5.